The molecule has 0 saturated carbocycles. The van der Waals surface area contributed by atoms with Crippen molar-refractivity contribution in [3.63, 3.8) is 0 Å². The standard InChI is InChI=1S/6C12H10S.6FH/c6*1-3-7-11(8-4-1)13-12-9-5-2-6-10-12;;;;;;/h6*1-10H;6*1H. The average Bonchev–Trinajstić information content (AvgIpc) is 3.56. The van der Waals surface area contributed by atoms with Crippen LogP contribution in [0.3, 0.4) is 0 Å². The van der Waals surface area contributed by atoms with Crippen LogP contribution in [0.2, 0.25) is 0 Å². The van der Waals surface area contributed by atoms with Gasteiger partial charge in [0.2, 0.25) is 0 Å². The summed E-state index contributed by atoms with van der Waals surface area (Å²) in [5.74, 6) is 0. The summed E-state index contributed by atoms with van der Waals surface area (Å²) < 4.78 is 0. The molecule has 12 rings (SSSR count). The van der Waals surface area contributed by atoms with Gasteiger partial charge in [-0.15, -0.1) is 0 Å². The molecule has 12 heteroatoms. The molecule has 0 aliphatic heterocycles. The Morgan fingerprint density at radius 1 is 0.0952 bits per heavy atom. The third-order valence-corrected chi connectivity index (χ3v) is 17.3. The van der Waals surface area contributed by atoms with E-state index in [9.17, 15) is 0 Å². The summed E-state index contributed by atoms with van der Waals surface area (Å²) in [6.07, 6.45) is 0. The first-order valence-corrected chi connectivity index (χ1v) is 31.0. The maximum atomic E-state index is 2.15. The van der Waals surface area contributed by atoms with Crippen LogP contribution in [0.1, 0.15) is 0 Å². The molecule has 0 fully saturated rings. The van der Waals surface area contributed by atoms with Crippen LogP contribution in [0.25, 0.3) is 0 Å². The van der Waals surface area contributed by atoms with Crippen LogP contribution in [-0.4, -0.2) is 0 Å². The molecule has 0 atom stereocenters. The number of rotatable bonds is 12. The summed E-state index contributed by atoms with van der Waals surface area (Å²) in [4.78, 5) is 16.1. The van der Waals surface area contributed by atoms with Crippen LogP contribution >= 0.6 is 0 Å². The van der Waals surface area contributed by atoms with Crippen LogP contribution in [-0.2, 0) is 70.6 Å². The quantitative estimate of drug-likeness (QED) is 0.0885. The van der Waals surface area contributed by atoms with Crippen molar-refractivity contribution < 1.29 is 28.2 Å². The van der Waals surface area contributed by atoms with Gasteiger partial charge >= 0.3 is 0 Å². The molecule has 84 heavy (non-hydrogen) atoms. The van der Waals surface area contributed by atoms with Gasteiger partial charge in [-0.2, -0.15) is 0 Å². The Morgan fingerprint density at radius 2 is 0.155 bits per heavy atom. The predicted octanol–water partition coefficient (Wildman–Crippen LogP) is -0.459. The van der Waals surface area contributed by atoms with Crippen LogP contribution in [0.5, 0.6) is 0 Å². The molecule has 0 radical (unpaired) electrons. The van der Waals surface area contributed by atoms with Crippen molar-refractivity contribution in [2.45, 2.75) is 58.7 Å². The number of hydrogen-bond acceptors (Lipinski definition) is 0. The highest BCUT2D eigenvalue weighted by atomic mass is 32.2. The van der Waals surface area contributed by atoms with Crippen LogP contribution in [0.15, 0.2) is 423 Å². The van der Waals surface area contributed by atoms with Gasteiger partial charge in [0, 0.05) is 70.6 Å². The third-order valence-electron chi connectivity index (χ3n) is 10.6. The van der Waals surface area contributed by atoms with Crippen molar-refractivity contribution in [3.8, 4) is 0 Å². The van der Waals surface area contributed by atoms with E-state index in [1.54, 1.807) is 0 Å². The molecule has 0 N–H and O–H groups in total. The summed E-state index contributed by atoms with van der Waals surface area (Å²) in [5, 5.41) is 0. The van der Waals surface area contributed by atoms with Gasteiger partial charge in [-0.05, 0) is 146 Å². The summed E-state index contributed by atoms with van der Waals surface area (Å²) in [6, 6.07) is 126. The van der Waals surface area contributed by atoms with Gasteiger partial charge in [-0.3, -0.25) is 0 Å². The van der Waals surface area contributed by atoms with Gasteiger partial charge in [0.1, 0.15) is 0 Å². The normalized spacial score (nSPS) is 9.14. The topological polar surface area (TPSA) is 0 Å². The summed E-state index contributed by atoms with van der Waals surface area (Å²) in [7, 11) is 0. The van der Waals surface area contributed by atoms with Crippen molar-refractivity contribution in [1.29, 1.82) is 0 Å². The molecular weight excluding hydrogens is 1170 g/mol. The molecule has 12 aromatic rings. The molecule has 0 unspecified atom stereocenters. The Balaban J connectivity index is 0.000000497. The lowest BCUT2D eigenvalue weighted by Gasteiger charge is -1.90. The van der Waals surface area contributed by atoms with Crippen molar-refractivity contribution in [2.24, 2.45) is 0 Å². The molecule has 0 aliphatic carbocycles. The minimum absolute atomic E-state index is 0. The monoisotopic (exact) mass is 1240 g/mol. The van der Waals surface area contributed by atoms with E-state index in [4.69, 9.17) is 0 Å². The lowest BCUT2D eigenvalue weighted by atomic mass is 10.4. The second-order valence-corrected chi connectivity index (χ2v) is 24.2. The fraction of sp³-hybridized carbons (Fsp3) is 0. The Hall–Kier alpha value is -7.68. The first-order valence-electron chi connectivity index (χ1n) is 25.6. The van der Waals surface area contributed by atoms with E-state index in [2.05, 4.69) is 291 Å². The van der Waals surface area contributed by atoms with Gasteiger partial charge in [0.25, 0.3) is 0 Å². The minimum Gasteiger partial charge on any atom is -1.00 e. The van der Waals surface area contributed by atoms with Gasteiger partial charge in [0.15, 0.2) is 58.7 Å². The molecule has 0 bridgehead atoms. The average molecular weight is 1240 g/mol. The molecule has 432 valence electrons. The van der Waals surface area contributed by atoms with Crippen molar-refractivity contribution in [3.05, 3.63) is 364 Å². The third kappa shape index (κ3) is 31.7. The lowest BCUT2D eigenvalue weighted by Crippen LogP contribution is -3.00. The van der Waals surface area contributed by atoms with Crippen LogP contribution in [0, 0.1) is 0 Å². The summed E-state index contributed by atoms with van der Waals surface area (Å²) in [5.41, 5.74) is 0. The first-order chi connectivity index (χ1) is 38.7. The largest absolute Gasteiger partial charge is 1.00 e. The van der Waals surface area contributed by atoms with E-state index >= 15 is 0 Å². The maximum absolute atomic E-state index is 2.15. The molecule has 0 amide bonds. The Bertz CT molecular complexity index is 2520. The van der Waals surface area contributed by atoms with Gasteiger partial charge in [-0.25, -0.2) is 0 Å². The smallest absolute Gasteiger partial charge is 0.158 e. The highest BCUT2D eigenvalue weighted by molar-refractivity contribution is 7.79. The zero-order valence-corrected chi connectivity index (χ0v) is 51.0. The zero-order chi connectivity index (χ0) is 53.6. The molecule has 0 heterocycles. The van der Waals surface area contributed by atoms with E-state index in [0.29, 0.717) is 0 Å². The van der Waals surface area contributed by atoms with Crippen molar-refractivity contribution >= 4 is 70.6 Å². The van der Waals surface area contributed by atoms with E-state index < -0.39 is 0 Å². The highest BCUT2D eigenvalue weighted by Gasteiger charge is 2.08. The lowest BCUT2D eigenvalue weighted by molar-refractivity contribution is -0.00100. The van der Waals surface area contributed by atoms with Crippen LogP contribution < -0.4 is 28.2 Å². The van der Waals surface area contributed by atoms with Gasteiger partial charge in [-0.1, -0.05) is 218 Å². The number of thiol groups is 6. The van der Waals surface area contributed by atoms with E-state index in [1.165, 1.54) is 129 Å². The fourth-order valence-electron chi connectivity index (χ4n) is 6.92. The maximum Gasteiger partial charge on any atom is 0.158 e. The number of benzene rings is 12. The second kappa shape index (κ2) is 46.8. The minimum atomic E-state index is 0. The van der Waals surface area contributed by atoms with E-state index in [-0.39, 0.29) is 28.2 Å². The summed E-state index contributed by atoms with van der Waals surface area (Å²) >= 11 is 7.69. The zero-order valence-electron chi connectivity index (χ0n) is 45.6. The molecular formula is C72H66F6S6. The molecule has 0 aliphatic rings. The first kappa shape index (κ1) is 74.3. The number of halogens is 6. The van der Waals surface area contributed by atoms with Crippen molar-refractivity contribution in [1.82, 2.24) is 0 Å². The molecule has 0 aromatic heterocycles. The molecule has 0 nitrogen and oxygen atoms in total. The van der Waals surface area contributed by atoms with Crippen molar-refractivity contribution in [2.75, 3.05) is 0 Å². The SMILES string of the molecule is [F-].[F-].[F-].[F-].[F-].[F-].c1ccc([SH+]c2ccccc2)cc1.c1ccc([SH+]c2ccccc2)cc1.c1ccc([SH+]c2ccccc2)cc1.c1ccc([SH+]c2ccccc2)cc1.c1ccc([SH+]c2ccccc2)cc1.c1ccc([SH+]c2ccccc2)cc1. The Kier molecular flexibility index (Phi) is 41.4. The Morgan fingerprint density at radius 3 is 0.214 bits per heavy atom. The molecule has 0 saturated heterocycles. The number of hydrogen-bond donors (Lipinski definition) is 0. The van der Waals surface area contributed by atoms with Crippen LogP contribution in [0.4, 0.5) is 0 Å². The van der Waals surface area contributed by atoms with Gasteiger partial charge < -0.3 is 28.2 Å². The highest BCUT2D eigenvalue weighted by Crippen LogP contribution is 2.16. The molecule has 12 aromatic carbocycles. The van der Waals surface area contributed by atoms with E-state index in [1.807, 2.05) is 72.8 Å². The van der Waals surface area contributed by atoms with E-state index in [0.717, 1.165) is 0 Å². The second-order valence-electron chi connectivity index (χ2n) is 16.7. The fourth-order valence-corrected chi connectivity index (χ4v) is 12.6. The Labute approximate surface area is 517 Å². The molecule has 0 spiro atoms. The summed E-state index contributed by atoms with van der Waals surface area (Å²) in [6.45, 7) is 0. The predicted molar refractivity (Wildman–Crippen MR) is 349 cm³/mol. The van der Waals surface area contributed by atoms with Gasteiger partial charge in [0.05, 0.1) is 0 Å².